The van der Waals surface area contributed by atoms with E-state index in [4.69, 9.17) is 9.15 Å². The van der Waals surface area contributed by atoms with E-state index < -0.39 is 0 Å². The Morgan fingerprint density at radius 1 is 1.22 bits per heavy atom. The van der Waals surface area contributed by atoms with E-state index in [9.17, 15) is 4.79 Å². The first-order valence-electron chi connectivity index (χ1n) is 9.25. The maximum absolute atomic E-state index is 12.5. The summed E-state index contributed by atoms with van der Waals surface area (Å²) in [6, 6.07) is 11.5. The lowest BCUT2D eigenvalue weighted by Gasteiger charge is -2.32. The summed E-state index contributed by atoms with van der Waals surface area (Å²) >= 11 is 0. The highest BCUT2D eigenvalue weighted by molar-refractivity contribution is 5.82. The highest BCUT2D eigenvalue weighted by Gasteiger charge is 2.28. The van der Waals surface area contributed by atoms with Gasteiger partial charge < -0.3 is 19.8 Å². The number of furan rings is 1. The lowest BCUT2D eigenvalue weighted by Crippen LogP contribution is -2.46. The molecule has 1 saturated heterocycles. The second kappa shape index (κ2) is 7.80. The monoisotopic (exact) mass is 365 g/mol. The van der Waals surface area contributed by atoms with Crippen molar-refractivity contribution in [1.82, 2.24) is 15.6 Å². The summed E-state index contributed by atoms with van der Waals surface area (Å²) in [5, 5.41) is 7.04. The fraction of sp³-hybridized carbons (Fsp3) is 0.333. The topological polar surface area (TPSA) is 76.4 Å². The number of nitrogens with one attached hydrogen (secondary N) is 2. The van der Waals surface area contributed by atoms with Gasteiger partial charge in [0.15, 0.2) is 0 Å². The first-order chi connectivity index (χ1) is 13.2. The number of hydrogen-bond acceptors (Lipinski definition) is 4. The number of benzene rings is 1. The van der Waals surface area contributed by atoms with E-state index in [-0.39, 0.29) is 18.2 Å². The molecule has 2 amide bonds. The molecule has 3 heterocycles. The number of carbonyl (C=O) groups is 1. The Kier molecular flexibility index (Phi) is 5.07. The van der Waals surface area contributed by atoms with Crippen molar-refractivity contribution < 1.29 is 13.9 Å². The number of carbonyl (C=O) groups excluding carboxylic acids is 1. The molecular formula is C21H23N3O3. The molecule has 4 rings (SSSR count). The summed E-state index contributed by atoms with van der Waals surface area (Å²) in [7, 11) is 0. The van der Waals surface area contributed by atoms with Crippen molar-refractivity contribution in [3.05, 3.63) is 65.7 Å². The molecule has 0 unspecified atom stereocenters. The van der Waals surface area contributed by atoms with Crippen LogP contribution in [0.3, 0.4) is 0 Å². The van der Waals surface area contributed by atoms with Gasteiger partial charge in [0.2, 0.25) is 0 Å². The normalized spacial score (nSPS) is 19.7. The van der Waals surface area contributed by atoms with Crippen LogP contribution in [0.15, 0.2) is 53.2 Å². The number of amides is 2. The van der Waals surface area contributed by atoms with E-state index in [0.29, 0.717) is 13.2 Å². The number of rotatable bonds is 4. The van der Waals surface area contributed by atoms with Gasteiger partial charge in [0.05, 0.1) is 12.6 Å². The minimum Gasteiger partial charge on any atom is -0.459 e. The average molecular weight is 365 g/mol. The molecule has 140 valence electrons. The number of hydrogen-bond donors (Lipinski definition) is 2. The van der Waals surface area contributed by atoms with Crippen LogP contribution in [0.4, 0.5) is 4.79 Å². The van der Waals surface area contributed by atoms with Crippen molar-refractivity contribution in [2.24, 2.45) is 0 Å². The van der Waals surface area contributed by atoms with Crippen molar-refractivity contribution in [2.45, 2.75) is 38.5 Å². The van der Waals surface area contributed by atoms with Crippen LogP contribution in [0.2, 0.25) is 0 Å². The number of urea groups is 1. The van der Waals surface area contributed by atoms with Gasteiger partial charge in [-0.05, 0) is 43.5 Å². The molecule has 2 N–H and O–H groups in total. The molecular weight excluding hydrogens is 342 g/mol. The number of para-hydroxylation sites is 1. The van der Waals surface area contributed by atoms with E-state index in [2.05, 4.69) is 15.6 Å². The van der Waals surface area contributed by atoms with Crippen LogP contribution in [0, 0.1) is 6.92 Å². The minimum atomic E-state index is -0.218. The molecule has 1 aliphatic heterocycles. The molecule has 1 fully saturated rings. The lowest BCUT2D eigenvalue weighted by molar-refractivity contribution is -0.00748. The molecule has 0 bridgehead atoms. The second-order valence-corrected chi connectivity index (χ2v) is 6.79. The van der Waals surface area contributed by atoms with Crippen LogP contribution in [-0.2, 0) is 11.3 Å². The SMILES string of the molecule is Cc1c(CNC(=O)N[C@H]2CCCO[C@@H]2c2ccncc2)oc2ccccc12. The van der Waals surface area contributed by atoms with Gasteiger partial charge >= 0.3 is 6.03 Å². The summed E-state index contributed by atoms with van der Waals surface area (Å²) in [6.45, 7) is 3.06. The van der Waals surface area contributed by atoms with Crippen LogP contribution in [0.1, 0.15) is 35.8 Å². The quantitative estimate of drug-likeness (QED) is 0.736. The van der Waals surface area contributed by atoms with Crippen LogP contribution in [-0.4, -0.2) is 23.7 Å². The zero-order chi connectivity index (χ0) is 18.6. The fourth-order valence-corrected chi connectivity index (χ4v) is 3.58. The Bertz CT molecular complexity index is 923. The molecule has 0 spiro atoms. The Morgan fingerprint density at radius 2 is 2.04 bits per heavy atom. The first-order valence-corrected chi connectivity index (χ1v) is 9.25. The number of ether oxygens (including phenoxy) is 1. The predicted octanol–water partition coefficient (Wildman–Crippen LogP) is 3.86. The molecule has 0 aliphatic carbocycles. The standard InChI is InChI=1S/C21H23N3O3/c1-14-16-5-2-3-7-18(16)27-19(14)13-23-21(25)24-17-6-4-12-26-20(17)15-8-10-22-11-9-15/h2-3,5,7-11,17,20H,4,6,12-13H2,1H3,(H2,23,24,25)/t17-,20+/m0/s1. The third-order valence-electron chi connectivity index (χ3n) is 5.03. The third kappa shape index (κ3) is 3.80. The zero-order valence-corrected chi connectivity index (χ0v) is 15.3. The zero-order valence-electron chi connectivity index (χ0n) is 15.3. The molecule has 27 heavy (non-hydrogen) atoms. The van der Waals surface area contributed by atoms with E-state index in [1.807, 2.05) is 43.3 Å². The third-order valence-corrected chi connectivity index (χ3v) is 5.03. The van der Waals surface area contributed by atoms with E-state index in [1.165, 1.54) is 0 Å². The summed E-state index contributed by atoms with van der Waals surface area (Å²) in [6.07, 6.45) is 5.14. The molecule has 0 saturated carbocycles. The number of pyridine rings is 1. The van der Waals surface area contributed by atoms with Gasteiger partial charge in [-0.15, -0.1) is 0 Å². The van der Waals surface area contributed by atoms with Crippen LogP contribution in [0.5, 0.6) is 0 Å². The molecule has 2 aromatic heterocycles. The van der Waals surface area contributed by atoms with Crippen molar-refractivity contribution in [3.8, 4) is 0 Å². The van der Waals surface area contributed by atoms with E-state index in [1.54, 1.807) is 12.4 Å². The molecule has 0 radical (unpaired) electrons. The first kappa shape index (κ1) is 17.5. The Balaban J connectivity index is 1.40. The largest absolute Gasteiger partial charge is 0.459 e. The fourth-order valence-electron chi connectivity index (χ4n) is 3.58. The molecule has 3 aromatic rings. The molecule has 1 aromatic carbocycles. The van der Waals surface area contributed by atoms with Crippen molar-refractivity contribution in [1.29, 1.82) is 0 Å². The summed E-state index contributed by atoms with van der Waals surface area (Å²) in [4.78, 5) is 16.5. The smallest absolute Gasteiger partial charge is 0.315 e. The minimum absolute atomic E-state index is 0.0714. The van der Waals surface area contributed by atoms with Crippen molar-refractivity contribution in [2.75, 3.05) is 6.61 Å². The van der Waals surface area contributed by atoms with Crippen LogP contribution < -0.4 is 10.6 Å². The Morgan fingerprint density at radius 3 is 2.85 bits per heavy atom. The van der Waals surface area contributed by atoms with E-state index >= 15 is 0 Å². The van der Waals surface area contributed by atoms with Gasteiger partial charge in [-0.3, -0.25) is 4.98 Å². The van der Waals surface area contributed by atoms with Gasteiger partial charge in [0.1, 0.15) is 17.4 Å². The summed E-state index contributed by atoms with van der Waals surface area (Å²) in [5.41, 5.74) is 2.93. The Hall–Kier alpha value is -2.86. The van der Waals surface area contributed by atoms with Gasteiger partial charge in [-0.1, -0.05) is 18.2 Å². The summed E-state index contributed by atoms with van der Waals surface area (Å²) < 4.78 is 11.8. The Labute approximate surface area is 157 Å². The highest BCUT2D eigenvalue weighted by atomic mass is 16.5. The molecule has 1 aliphatic rings. The van der Waals surface area contributed by atoms with Gasteiger partial charge in [-0.2, -0.15) is 0 Å². The number of fused-ring (bicyclic) bond motifs is 1. The predicted molar refractivity (Wildman–Crippen MR) is 102 cm³/mol. The summed E-state index contributed by atoms with van der Waals surface area (Å²) in [5.74, 6) is 0.775. The average Bonchev–Trinajstić information content (AvgIpc) is 3.03. The number of nitrogens with zero attached hydrogens (tertiary/aromatic N) is 1. The highest BCUT2D eigenvalue weighted by Crippen LogP contribution is 2.28. The molecule has 2 atom stereocenters. The maximum Gasteiger partial charge on any atom is 0.315 e. The van der Waals surface area contributed by atoms with Crippen molar-refractivity contribution >= 4 is 17.0 Å². The van der Waals surface area contributed by atoms with Crippen molar-refractivity contribution in [3.63, 3.8) is 0 Å². The molecule has 6 nitrogen and oxygen atoms in total. The molecule has 6 heteroatoms. The number of aryl methyl sites for hydroxylation is 1. The van der Waals surface area contributed by atoms with Crippen LogP contribution in [0.25, 0.3) is 11.0 Å². The second-order valence-electron chi connectivity index (χ2n) is 6.79. The van der Waals surface area contributed by atoms with Gasteiger partial charge in [0, 0.05) is 30.0 Å². The van der Waals surface area contributed by atoms with Crippen LogP contribution >= 0.6 is 0 Å². The number of aromatic nitrogens is 1. The maximum atomic E-state index is 12.5. The van der Waals surface area contributed by atoms with Gasteiger partial charge in [-0.25, -0.2) is 4.79 Å². The van der Waals surface area contributed by atoms with Gasteiger partial charge in [0.25, 0.3) is 0 Å². The van der Waals surface area contributed by atoms with E-state index in [0.717, 1.165) is 40.7 Å². The lowest BCUT2D eigenvalue weighted by atomic mass is 9.97.